The predicted octanol–water partition coefficient (Wildman–Crippen LogP) is 3.64. The Labute approximate surface area is 154 Å². The summed E-state index contributed by atoms with van der Waals surface area (Å²) in [5.74, 6) is -0.701. The van der Waals surface area contributed by atoms with Crippen LogP contribution in [0.3, 0.4) is 0 Å². The van der Waals surface area contributed by atoms with E-state index in [2.05, 4.69) is 24.1 Å². The Bertz CT molecular complexity index is 804. The van der Waals surface area contributed by atoms with Crippen molar-refractivity contribution < 1.29 is 14.3 Å². The molecule has 1 aromatic rings. The van der Waals surface area contributed by atoms with E-state index in [1.807, 2.05) is 32.9 Å². The molecule has 1 atom stereocenters. The van der Waals surface area contributed by atoms with E-state index in [9.17, 15) is 9.59 Å². The first-order valence-corrected chi connectivity index (χ1v) is 9.04. The largest absolute Gasteiger partial charge is 0.460 e. The number of pyridine rings is 1. The van der Waals surface area contributed by atoms with Crippen molar-refractivity contribution in [3.05, 3.63) is 52.6 Å². The lowest BCUT2D eigenvalue weighted by molar-refractivity contribution is -0.143. The molecule has 2 heterocycles. The SMILES string of the molecule is CC1=C(C(=O)OC(C)C)[C@@H](c2ccncc2)C2=C(CC(C)(C)CC2=O)N1. The topological polar surface area (TPSA) is 68.3 Å². The average molecular weight is 354 g/mol. The van der Waals surface area contributed by atoms with Crippen molar-refractivity contribution in [3.8, 4) is 0 Å². The second kappa shape index (κ2) is 6.71. The monoisotopic (exact) mass is 354 g/mol. The minimum atomic E-state index is -0.413. The van der Waals surface area contributed by atoms with Crippen molar-refractivity contribution in [2.45, 2.75) is 59.5 Å². The third-order valence-corrected chi connectivity index (χ3v) is 4.84. The van der Waals surface area contributed by atoms with Crippen LogP contribution >= 0.6 is 0 Å². The first-order valence-electron chi connectivity index (χ1n) is 9.04. The number of nitrogens with zero attached hydrogens (tertiary/aromatic N) is 1. The minimum absolute atomic E-state index is 0.0907. The van der Waals surface area contributed by atoms with Crippen LogP contribution in [0.2, 0.25) is 0 Å². The van der Waals surface area contributed by atoms with Gasteiger partial charge in [0.2, 0.25) is 0 Å². The first-order chi connectivity index (χ1) is 12.2. The number of hydrogen-bond donors (Lipinski definition) is 1. The third-order valence-electron chi connectivity index (χ3n) is 4.84. The summed E-state index contributed by atoms with van der Waals surface area (Å²) in [6.07, 6.45) is 4.41. The van der Waals surface area contributed by atoms with Gasteiger partial charge >= 0.3 is 5.97 Å². The maximum absolute atomic E-state index is 13.0. The number of esters is 1. The van der Waals surface area contributed by atoms with Crippen molar-refractivity contribution in [1.82, 2.24) is 10.3 Å². The number of ether oxygens (including phenoxy) is 1. The molecular weight excluding hydrogens is 328 g/mol. The van der Waals surface area contributed by atoms with Crippen LogP contribution in [-0.4, -0.2) is 22.8 Å². The number of rotatable bonds is 3. The van der Waals surface area contributed by atoms with Gasteiger partial charge in [0.05, 0.1) is 11.7 Å². The summed E-state index contributed by atoms with van der Waals surface area (Å²) in [5, 5.41) is 3.33. The maximum Gasteiger partial charge on any atom is 0.337 e. The molecule has 26 heavy (non-hydrogen) atoms. The van der Waals surface area contributed by atoms with Gasteiger partial charge in [0, 0.05) is 41.7 Å². The molecule has 1 aliphatic heterocycles. The molecule has 0 unspecified atom stereocenters. The smallest absolute Gasteiger partial charge is 0.337 e. The van der Waals surface area contributed by atoms with Gasteiger partial charge in [0.25, 0.3) is 0 Å². The molecule has 0 saturated heterocycles. The van der Waals surface area contributed by atoms with Crippen LogP contribution in [0.25, 0.3) is 0 Å². The Morgan fingerprint density at radius 3 is 2.54 bits per heavy atom. The number of hydrogen-bond acceptors (Lipinski definition) is 5. The highest BCUT2D eigenvalue weighted by Crippen LogP contribution is 2.46. The second-order valence-corrected chi connectivity index (χ2v) is 8.16. The lowest BCUT2D eigenvalue weighted by Gasteiger charge is -2.39. The third kappa shape index (κ3) is 3.43. The molecule has 2 aliphatic rings. The fourth-order valence-electron chi connectivity index (χ4n) is 3.87. The molecule has 0 saturated carbocycles. The number of dihydropyridines is 1. The number of Topliss-reactive ketones (excluding diaryl/α,β-unsaturated/α-hetero) is 1. The van der Waals surface area contributed by atoms with Gasteiger partial charge in [-0.3, -0.25) is 9.78 Å². The standard InChI is InChI=1S/C21H26N2O3/c1-12(2)26-20(25)17-13(3)23-15-10-21(4,5)11-16(24)19(15)18(17)14-6-8-22-9-7-14/h6-9,12,18,23H,10-11H2,1-5H3/t18-/m1/s1. The Balaban J connectivity index is 2.14. The molecule has 0 bridgehead atoms. The Morgan fingerprint density at radius 2 is 1.92 bits per heavy atom. The van der Waals surface area contributed by atoms with Crippen LogP contribution < -0.4 is 5.32 Å². The zero-order valence-corrected chi connectivity index (χ0v) is 16.1. The Kier molecular flexibility index (Phi) is 4.74. The number of nitrogens with one attached hydrogen (secondary N) is 1. The molecule has 1 aromatic heterocycles. The van der Waals surface area contributed by atoms with Gasteiger partial charge < -0.3 is 10.1 Å². The highest BCUT2D eigenvalue weighted by molar-refractivity contribution is 6.04. The summed E-state index contributed by atoms with van der Waals surface area (Å²) in [7, 11) is 0. The van der Waals surface area contributed by atoms with Gasteiger partial charge in [-0.05, 0) is 50.3 Å². The van der Waals surface area contributed by atoms with E-state index in [-0.39, 0.29) is 23.3 Å². The van der Waals surface area contributed by atoms with Crippen LogP contribution in [0.4, 0.5) is 0 Å². The Morgan fingerprint density at radius 1 is 1.27 bits per heavy atom. The number of carbonyl (C=O) groups excluding carboxylic acids is 2. The summed E-state index contributed by atoms with van der Waals surface area (Å²) in [6.45, 7) is 9.72. The molecular formula is C21H26N2O3. The van der Waals surface area contributed by atoms with E-state index < -0.39 is 5.92 Å². The van der Waals surface area contributed by atoms with Crippen molar-refractivity contribution in [1.29, 1.82) is 0 Å². The molecule has 1 N–H and O–H groups in total. The van der Waals surface area contributed by atoms with Crippen molar-refractivity contribution >= 4 is 11.8 Å². The fraction of sp³-hybridized carbons (Fsp3) is 0.476. The van der Waals surface area contributed by atoms with Gasteiger partial charge in [-0.25, -0.2) is 4.79 Å². The zero-order valence-electron chi connectivity index (χ0n) is 16.1. The zero-order chi connectivity index (χ0) is 19.1. The number of ketones is 1. The van der Waals surface area contributed by atoms with Crippen LogP contribution in [0, 0.1) is 5.41 Å². The van der Waals surface area contributed by atoms with E-state index in [1.54, 1.807) is 12.4 Å². The normalized spacial score (nSPS) is 22.2. The van der Waals surface area contributed by atoms with E-state index in [1.165, 1.54) is 0 Å². The van der Waals surface area contributed by atoms with Gasteiger partial charge in [0.15, 0.2) is 5.78 Å². The van der Waals surface area contributed by atoms with Crippen molar-refractivity contribution in [2.24, 2.45) is 5.41 Å². The molecule has 138 valence electrons. The predicted molar refractivity (Wildman–Crippen MR) is 99.1 cm³/mol. The van der Waals surface area contributed by atoms with Crippen LogP contribution in [0.15, 0.2) is 47.1 Å². The van der Waals surface area contributed by atoms with Crippen LogP contribution in [0.1, 0.15) is 58.9 Å². The van der Waals surface area contributed by atoms with Gasteiger partial charge in [-0.1, -0.05) is 13.8 Å². The number of carbonyl (C=O) groups is 2. The number of aromatic nitrogens is 1. The summed E-state index contributed by atoms with van der Waals surface area (Å²) in [4.78, 5) is 30.0. The molecule has 0 amide bonds. The summed E-state index contributed by atoms with van der Waals surface area (Å²) in [5.41, 5.74) is 3.67. The Hall–Kier alpha value is -2.43. The fourth-order valence-corrected chi connectivity index (χ4v) is 3.87. The highest BCUT2D eigenvalue weighted by Gasteiger charge is 2.43. The number of allylic oxidation sites excluding steroid dienone is 3. The second-order valence-electron chi connectivity index (χ2n) is 8.16. The molecule has 1 aliphatic carbocycles. The van der Waals surface area contributed by atoms with Crippen LogP contribution in [0.5, 0.6) is 0 Å². The summed E-state index contributed by atoms with van der Waals surface area (Å²) < 4.78 is 5.48. The minimum Gasteiger partial charge on any atom is -0.460 e. The maximum atomic E-state index is 13.0. The molecule has 5 nitrogen and oxygen atoms in total. The molecule has 0 spiro atoms. The molecule has 0 aromatic carbocycles. The lowest BCUT2D eigenvalue weighted by Crippen LogP contribution is -2.39. The molecule has 5 heteroatoms. The molecule has 0 radical (unpaired) electrons. The van der Waals surface area contributed by atoms with Gasteiger partial charge in [-0.2, -0.15) is 0 Å². The van der Waals surface area contributed by atoms with E-state index >= 15 is 0 Å². The summed E-state index contributed by atoms with van der Waals surface area (Å²) in [6, 6.07) is 3.73. The average Bonchev–Trinajstić information content (AvgIpc) is 2.52. The van der Waals surface area contributed by atoms with Gasteiger partial charge in [0.1, 0.15) is 0 Å². The van der Waals surface area contributed by atoms with Crippen LogP contribution in [-0.2, 0) is 14.3 Å². The quantitative estimate of drug-likeness (QED) is 0.840. The van der Waals surface area contributed by atoms with E-state index in [4.69, 9.17) is 4.74 Å². The molecule has 3 rings (SSSR count). The highest BCUT2D eigenvalue weighted by atomic mass is 16.5. The molecule has 0 fully saturated rings. The van der Waals surface area contributed by atoms with Crippen molar-refractivity contribution in [3.63, 3.8) is 0 Å². The summed E-state index contributed by atoms with van der Waals surface area (Å²) >= 11 is 0. The van der Waals surface area contributed by atoms with E-state index in [0.29, 0.717) is 17.6 Å². The lowest BCUT2D eigenvalue weighted by atomic mass is 9.68. The van der Waals surface area contributed by atoms with Gasteiger partial charge in [-0.15, -0.1) is 0 Å². The van der Waals surface area contributed by atoms with Crippen molar-refractivity contribution in [2.75, 3.05) is 0 Å². The van der Waals surface area contributed by atoms with E-state index in [0.717, 1.165) is 23.4 Å². The first kappa shape index (κ1) is 18.4.